The summed E-state index contributed by atoms with van der Waals surface area (Å²) in [6.07, 6.45) is 2.35. The van der Waals surface area contributed by atoms with Crippen molar-refractivity contribution in [2.24, 2.45) is 0 Å². The van der Waals surface area contributed by atoms with Gasteiger partial charge in [0.05, 0.1) is 12.5 Å². The minimum Gasteiger partial charge on any atom is -0.303 e. The van der Waals surface area contributed by atoms with E-state index in [-0.39, 0.29) is 17.9 Å². The monoisotopic (exact) mass is 301 g/mol. The molecule has 0 bridgehead atoms. The van der Waals surface area contributed by atoms with E-state index < -0.39 is 0 Å². The lowest BCUT2D eigenvalue weighted by Gasteiger charge is -2.33. The van der Waals surface area contributed by atoms with Crippen molar-refractivity contribution in [1.82, 2.24) is 15.1 Å². The van der Waals surface area contributed by atoms with Gasteiger partial charge in [-0.25, -0.2) is 0 Å². The van der Waals surface area contributed by atoms with Gasteiger partial charge in [-0.1, -0.05) is 30.3 Å². The summed E-state index contributed by atoms with van der Waals surface area (Å²) >= 11 is 0. The van der Waals surface area contributed by atoms with Crippen LogP contribution in [0.2, 0.25) is 0 Å². The van der Waals surface area contributed by atoms with Crippen LogP contribution in [0.15, 0.2) is 30.3 Å². The zero-order valence-electron chi connectivity index (χ0n) is 13.0. The molecule has 2 aliphatic heterocycles. The Morgan fingerprint density at radius 1 is 1.14 bits per heavy atom. The van der Waals surface area contributed by atoms with Crippen molar-refractivity contribution in [2.45, 2.75) is 37.9 Å². The normalized spacial score (nSPS) is 24.2. The Morgan fingerprint density at radius 3 is 2.41 bits per heavy atom. The highest BCUT2D eigenvalue weighted by Crippen LogP contribution is 2.17. The molecule has 0 radical (unpaired) electrons. The Labute approximate surface area is 131 Å². The first kappa shape index (κ1) is 15.2. The van der Waals surface area contributed by atoms with Crippen molar-refractivity contribution in [2.75, 3.05) is 20.1 Å². The first-order chi connectivity index (χ1) is 10.6. The number of nitrogens with one attached hydrogen (secondary N) is 1. The number of imide groups is 1. The molecule has 118 valence electrons. The van der Waals surface area contributed by atoms with Crippen molar-refractivity contribution in [3.8, 4) is 0 Å². The van der Waals surface area contributed by atoms with E-state index in [1.165, 1.54) is 10.5 Å². The summed E-state index contributed by atoms with van der Waals surface area (Å²) in [7, 11) is 1.56. The molecule has 1 atom stereocenters. The Bertz CT molecular complexity index is 538. The van der Waals surface area contributed by atoms with E-state index in [1.54, 1.807) is 7.05 Å². The molecular formula is C17H23N3O2. The zero-order chi connectivity index (χ0) is 15.5. The summed E-state index contributed by atoms with van der Waals surface area (Å²) in [6, 6.07) is 10.5. The minimum absolute atomic E-state index is 0.0796. The molecule has 0 saturated carbocycles. The molecule has 3 rings (SSSR count). The van der Waals surface area contributed by atoms with E-state index in [2.05, 4.69) is 34.5 Å². The van der Waals surface area contributed by atoms with Gasteiger partial charge in [0, 0.05) is 19.6 Å². The number of hydrogen-bond acceptors (Lipinski definition) is 4. The molecular weight excluding hydrogens is 278 g/mol. The second-order valence-corrected chi connectivity index (χ2v) is 6.25. The number of benzene rings is 1. The lowest BCUT2D eigenvalue weighted by molar-refractivity contribution is -0.137. The standard InChI is InChI=1S/C17H23N3O2/c1-19-16(21)11-15(17(19)22)18-14-7-9-20(10-8-14)12-13-5-3-2-4-6-13/h2-6,14-15,18H,7-12H2,1H3. The SMILES string of the molecule is CN1C(=O)CC(NC2CCN(Cc3ccccc3)CC2)C1=O. The summed E-state index contributed by atoms with van der Waals surface area (Å²) in [5.41, 5.74) is 1.34. The van der Waals surface area contributed by atoms with Crippen molar-refractivity contribution >= 4 is 11.8 Å². The Hall–Kier alpha value is -1.72. The smallest absolute Gasteiger partial charge is 0.246 e. The van der Waals surface area contributed by atoms with Crippen molar-refractivity contribution in [1.29, 1.82) is 0 Å². The van der Waals surface area contributed by atoms with Crippen LogP contribution in [0.5, 0.6) is 0 Å². The van der Waals surface area contributed by atoms with Gasteiger partial charge in [-0.2, -0.15) is 0 Å². The molecule has 0 aromatic heterocycles. The fourth-order valence-corrected chi connectivity index (χ4v) is 3.27. The summed E-state index contributed by atoms with van der Waals surface area (Å²) < 4.78 is 0. The molecule has 2 heterocycles. The van der Waals surface area contributed by atoms with Crippen LogP contribution < -0.4 is 5.32 Å². The van der Waals surface area contributed by atoms with E-state index >= 15 is 0 Å². The van der Waals surface area contributed by atoms with Gasteiger partial charge >= 0.3 is 0 Å². The van der Waals surface area contributed by atoms with E-state index in [0.717, 1.165) is 32.5 Å². The lowest BCUT2D eigenvalue weighted by atomic mass is 10.0. The van der Waals surface area contributed by atoms with Crippen LogP contribution in [0.25, 0.3) is 0 Å². The summed E-state index contributed by atoms with van der Waals surface area (Å²) in [4.78, 5) is 27.2. The van der Waals surface area contributed by atoms with Gasteiger partial charge in [-0.15, -0.1) is 0 Å². The van der Waals surface area contributed by atoms with Crippen LogP contribution in [0.1, 0.15) is 24.8 Å². The van der Waals surface area contributed by atoms with Gasteiger partial charge in [0.1, 0.15) is 0 Å². The van der Waals surface area contributed by atoms with Gasteiger partial charge in [0.2, 0.25) is 11.8 Å². The maximum absolute atomic E-state index is 11.9. The number of rotatable bonds is 4. The minimum atomic E-state index is -0.317. The number of likely N-dealkylation sites (tertiary alicyclic amines) is 2. The largest absolute Gasteiger partial charge is 0.303 e. The molecule has 22 heavy (non-hydrogen) atoms. The quantitative estimate of drug-likeness (QED) is 0.843. The fraction of sp³-hybridized carbons (Fsp3) is 0.529. The van der Waals surface area contributed by atoms with Gasteiger partial charge in [-0.3, -0.25) is 19.4 Å². The van der Waals surface area contributed by atoms with E-state index in [0.29, 0.717) is 12.5 Å². The van der Waals surface area contributed by atoms with Crippen LogP contribution in [0.3, 0.4) is 0 Å². The molecule has 1 unspecified atom stereocenters. The number of amides is 2. The lowest BCUT2D eigenvalue weighted by Crippen LogP contribution is -2.48. The van der Waals surface area contributed by atoms with Gasteiger partial charge in [0.15, 0.2) is 0 Å². The summed E-state index contributed by atoms with van der Waals surface area (Å²) in [5, 5.41) is 3.37. The number of carbonyl (C=O) groups is 2. The highest BCUT2D eigenvalue weighted by atomic mass is 16.2. The second kappa shape index (κ2) is 6.58. The Morgan fingerprint density at radius 2 is 1.82 bits per heavy atom. The second-order valence-electron chi connectivity index (χ2n) is 6.25. The zero-order valence-corrected chi connectivity index (χ0v) is 13.0. The molecule has 2 saturated heterocycles. The first-order valence-corrected chi connectivity index (χ1v) is 7.96. The average molecular weight is 301 g/mol. The van der Waals surface area contributed by atoms with Gasteiger partial charge < -0.3 is 5.32 Å². The third-order valence-corrected chi connectivity index (χ3v) is 4.65. The molecule has 1 N–H and O–H groups in total. The first-order valence-electron chi connectivity index (χ1n) is 7.96. The molecule has 1 aromatic rings. The number of carbonyl (C=O) groups excluding carboxylic acids is 2. The van der Waals surface area contributed by atoms with E-state index in [1.807, 2.05) is 6.07 Å². The Balaban J connectivity index is 1.46. The fourth-order valence-electron chi connectivity index (χ4n) is 3.27. The maximum Gasteiger partial charge on any atom is 0.246 e. The molecule has 2 aliphatic rings. The molecule has 1 aromatic carbocycles. The predicted octanol–water partition coefficient (Wildman–Crippen LogP) is 0.998. The van der Waals surface area contributed by atoms with Crippen molar-refractivity contribution < 1.29 is 9.59 Å². The maximum atomic E-state index is 11.9. The summed E-state index contributed by atoms with van der Waals surface area (Å²) in [5.74, 6) is -0.166. The molecule has 2 fully saturated rings. The molecule has 2 amide bonds. The van der Waals surface area contributed by atoms with E-state index in [9.17, 15) is 9.59 Å². The van der Waals surface area contributed by atoms with Crippen LogP contribution >= 0.6 is 0 Å². The highest BCUT2D eigenvalue weighted by molar-refractivity contribution is 6.05. The van der Waals surface area contributed by atoms with Crippen molar-refractivity contribution in [3.63, 3.8) is 0 Å². The van der Waals surface area contributed by atoms with Crippen LogP contribution in [0.4, 0.5) is 0 Å². The van der Waals surface area contributed by atoms with E-state index in [4.69, 9.17) is 0 Å². The Kier molecular flexibility index (Phi) is 4.55. The number of likely N-dealkylation sites (N-methyl/N-ethyl adjacent to an activating group) is 1. The molecule has 5 heteroatoms. The van der Waals surface area contributed by atoms with Gasteiger partial charge in [-0.05, 0) is 31.5 Å². The number of piperidine rings is 1. The molecule has 0 aliphatic carbocycles. The molecule has 0 spiro atoms. The highest BCUT2D eigenvalue weighted by Gasteiger charge is 2.37. The third kappa shape index (κ3) is 3.36. The van der Waals surface area contributed by atoms with Crippen LogP contribution in [-0.2, 0) is 16.1 Å². The summed E-state index contributed by atoms with van der Waals surface area (Å²) in [6.45, 7) is 3.03. The average Bonchev–Trinajstić information content (AvgIpc) is 2.77. The number of nitrogens with zero attached hydrogens (tertiary/aromatic N) is 2. The third-order valence-electron chi connectivity index (χ3n) is 4.65. The van der Waals surface area contributed by atoms with Crippen LogP contribution in [-0.4, -0.2) is 53.8 Å². The number of hydrogen-bond donors (Lipinski definition) is 1. The van der Waals surface area contributed by atoms with Crippen molar-refractivity contribution in [3.05, 3.63) is 35.9 Å². The van der Waals surface area contributed by atoms with Gasteiger partial charge in [0.25, 0.3) is 0 Å². The van der Waals surface area contributed by atoms with Crippen LogP contribution in [0, 0.1) is 0 Å². The molecule has 5 nitrogen and oxygen atoms in total. The topological polar surface area (TPSA) is 52.7 Å². The predicted molar refractivity (Wildman–Crippen MR) is 84.1 cm³/mol.